The Labute approximate surface area is 78.6 Å². The number of carboxylic acids is 1. The Balaban J connectivity index is 2.64. The zero-order valence-corrected chi connectivity index (χ0v) is 7.46. The van der Waals surface area contributed by atoms with Gasteiger partial charge in [-0.1, -0.05) is 0 Å². The van der Waals surface area contributed by atoms with Crippen molar-refractivity contribution in [1.29, 1.82) is 0 Å². The van der Waals surface area contributed by atoms with Crippen LogP contribution < -0.4 is 0 Å². The molecule has 0 fully saturated rings. The molecule has 0 saturated heterocycles. The highest BCUT2D eigenvalue weighted by Gasteiger charge is 2.28. The van der Waals surface area contributed by atoms with E-state index in [0.717, 1.165) is 6.26 Å². The maximum absolute atomic E-state index is 12.6. The lowest BCUT2D eigenvalue weighted by Gasteiger charge is -2.03. The van der Waals surface area contributed by atoms with E-state index in [1.807, 2.05) is 0 Å². The Morgan fingerprint density at radius 1 is 1.71 bits per heavy atom. The van der Waals surface area contributed by atoms with Gasteiger partial charge in [0, 0.05) is 13.3 Å². The Hall–Kier alpha value is -1.46. The van der Waals surface area contributed by atoms with E-state index in [0.29, 0.717) is 6.92 Å². The van der Waals surface area contributed by atoms with Gasteiger partial charge in [0.2, 0.25) is 0 Å². The molecule has 6 heteroatoms. The fourth-order valence-electron chi connectivity index (χ4n) is 0.841. The third-order valence-corrected chi connectivity index (χ3v) is 1.55. The monoisotopic (exact) mass is 205 g/mol. The SMILES string of the molecule is CC(F)(F)c1coc(CCC(=O)O)n1. The summed E-state index contributed by atoms with van der Waals surface area (Å²) < 4.78 is 29.9. The highest BCUT2D eigenvalue weighted by atomic mass is 19.3. The summed E-state index contributed by atoms with van der Waals surface area (Å²) in [5, 5.41) is 8.32. The molecule has 4 nitrogen and oxygen atoms in total. The van der Waals surface area contributed by atoms with Crippen molar-refractivity contribution < 1.29 is 23.1 Å². The highest BCUT2D eigenvalue weighted by molar-refractivity contribution is 5.66. The second-order valence-electron chi connectivity index (χ2n) is 2.91. The zero-order valence-electron chi connectivity index (χ0n) is 7.46. The average Bonchev–Trinajstić information content (AvgIpc) is 2.47. The number of rotatable bonds is 4. The zero-order chi connectivity index (χ0) is 10.8. The number of oxazole rings is 1. The molecule has 0 aromatic carbocycles. The number of nitrogens with zero attached hydrogens (tertiary/aromatic N) is 1. The van der Waals surface area contributed by atoms with Gasteiger partial charge in [-0.25, -0.2) is 4.98 Å². The van der Waals surface area contributed by atoms with E-state index in [9.17, 15) is 13.6 Å². The van der Waals surface area contributed by atoms with Crippen molar-refractivity contribution in [2.45, 2.75) is 25.7 Å². The molecular weight excluding hydrogens is 196 g/mol. The fraction of sp³-hybridized carbons (Fsp3) is 0.500. The summed E-state index contributed by atoms with van der Waals surface area (Å²) >= 11 is 0. The minimum absolute atomic E-state index is 0.0175. The van der Waals surface area contributed by atoms with Crippen molar-refractivity contribution in [3.05, 3.63) is 17.8 Å². The van der Waals surface area contributed by atoms with Crippen molar-refractivity contribution in [2.24, 2.45) is 0 Å². The minimum atomic E-state index is -3.05. The predicted octanol–water partition coefficient (Wildman–Crippen LogP) is 1.80. The molecule has 0 bridgehead atoms. The van der Waals surface area contributed by atoms with Gasteiger partial charge in [-0.15, -0.1) is 0 Å². The summed E-state index contributed by atoms with van der Waals surface area (Å²) in [5.74, 6) is -4.05. The average molecular weight is 205 g/mol. The number of alkyl halides is 2. The lowest BCUT2D eigenvalue weighted by atomic mass is 10.3. The Morgan fingerprint density at radius 3 is 2.79 bits per heavy atom. The highest BCUT2D eigenvalue weighted by Crippen LogP contribution is 2.25. The Bertz CT molecular complexity index is 330. The molecule has 14 heavy (non-hydrogen) atoms. The molecule has 0 aliphatic heterocycles. The van der Waals surface area contributed by atoms with E-state index >= 15 is 0 Å². The summed E-state index contributed by atoms with van der Waals surface area (Å²) in [7, 11) is 0. The fourth-order valence-corrected chi connectivity index (χ4v) is 0.841. The van der Waals surface area contributed by atoms with Gasteiger partial charge in [0.05, 0.1) is 6.42 Å². The molecule has 0 saturated carbocycles. The van der Waals surface area contributed by atoms with E-state index in [4.69, 9.17) is 5.11 Å². The minimum Gasteiger partial charge on any atom is -0.481 e. The number of carbonyl (C=O) groups is 1. The van der Waals surface area contributed by atoms with Gasteiger partial charge in [0.15, 0.2) is 5.89 Å². The van der Waals surface area contributed by atoms with Crippen LogP contribution in [0.1, 0.15) is 24.9 Å². The van der Waals surface area contributed by atoms with E-state index < -0.39 is 17.6 Å². The molecule has 1 heterocycles. The van der Waals surface area contributed by atoms with Crippen molar-refractivity contribution in [2.75, 3.05) is 0 Å². The van der Waals surface area contributed by atoms with E-state index in [2.05, 4.69) is 9.40 Å². The Kier molecular flexibility index (Phi) is 2.83. The molecule has 78 valence electrons. The van der Waals surface area contributed by atoms with Crippen LogP contribution in [0.15, 0.2) is 10.7 Å². The number of hydrogen-bond acceptors (Lipinski definition) is 3. The molecule has 1 rings (SSSR count). The lowest BCUT2D eigenvalue weighted by molar-refractivity contribution is -0.137. The third kappa shape index (κ3) is 2.79. The van der Waals surface area contributed by atoms with Gasteiger partial charge >= 0.3 is 5.97 Å². The van der Waals surface area contributed by atoms with Crippen LogP contribution in [0.4, 0.5) is 8.78 Å². The number of halogens is 2. The van der Waals surface area contributed by atoms with Crippen molar-refractivity contribution in [3.63, 3.8) is 0 Å². The van der Waals surface area contributed by atoms with Crippen LogP contribution in [-0.4, -0.2) is 16.1 Å². The first kappa shape index (κ1) is 10.6. The smallest absolute Gasteiger partial charge is 0.303 e. The van der Waals surface area contributed by atoms with E-state index in [-0.39, 0.29) is 18.7 Å². The van der Waals surface area contributed by atoms with Crippen molar-refractivity contribution >= 4 is 5.97 Å². The number of carboxylic acid groups (broad SMARTS) is 1. The van der Waals surface area contributed by atoms with Crippen LogP contribution in [0.3, 0.4) is 0 Å². The molecule has 0 aliphatic rings. The van der Waals surface area contributed by atoms with E-state index in [1.54, 1.807) is 0 Å². The van der Waals surface area contributed by atoms with Crippen molar-refractivity contribution in [1.82, 2.24) is 4.98 Å². The van der Waals surface area contributed by atoms with Gasteiger partial charge in [-0.2, -0.15) is 8.78 Å². The molecule has 1 aromatic rings. The van der Waals surface area contributed by atoms with Crippen LogP contribution in [0, 0.1) is 0 Å². The first-order valence-corrected chi connectivity index (χ1v) is 3.94. The maximum Gasteiger partial charge on any atom is 0.303 e. The van der Waals surface area contributed by atoms with Gasteiger partial charge < -0.3 is 9.52 Å². The third-order valence-electron chi connectivity index (χ3n) is 1.55. The van der Waals surface area contributed by atoms with Gasteiger partial charge in [0.1, 0.15) is 12.0 Å². The van der Waals surface area contributed by atoms with E-state index in [1.165, 1.54) is 0 Å². The molecule has 0 atom stereocenters. The molecule has 0 unspecified atom stereocenters. The van der Waals surface area contributed by atoms with Crippen LogP contribution in [0.25, 0.3) is 0 Å². The topological polar surface area (TPSA) is 63.3 Å². The summed E-state index contributed by atoms with van der Waals surface area (Å²) in [6.45, 7) is 0.700. The quantitative estimate of drug-likeness (QED) is 0.814. The standard InChI is InChI=1S/C8H9F2NO3/c1-8(9,10)5-4-14-6(11-5)2-3-7(12)13/h4H,2-3H2,1H3,(H,12,13). The summed E-state index contributed by atoms with van der Waals surface area (Å²) in [5.41, 5.74) is -0.474. The number of aromatic nitrogens is 1. The summed E-state index contributed by atoms with van der Waals surface area (Å²) in [4.78, 5) is 13.6. The molecule has 0 aliphatic carbocycles. The summed E-state index contributed by atoms with van der Waals surface area (Å²) in [6, 6.07) is 0. The van der Waals surface area contributed by atoms with Gasteiger partial charge in [-0.3, -0.25) is 4.79 Å². The molecule has 1 N–H and O–H groups in total. The first-order valence-electron chi connectivity index (χ1n) is 3.94. The normalized spacial score (nSPS) is 11.6. The van der Waals surface area contributed by atoms with Crippen molar-refractivity contribution in [3.8, 4) is 0 Å². The van der Waals surface area contributed by atoms with Gasteiger partial charge in [0.25, 0.3) is 5.92 Å². The predicted molar refractivity (Wildman–Crippen MR) is 42.0 cm³/mol. The molecular formula is C8H9F2NO3. The molecule has 1 aromatic heterocycles. The largest absolute Gasteiger partial charge is 0.481 e. The number of aryl methyl sites for hydroxylation is 1. The number of hydrogen-bond donors (Lipinski definition) is 1. The van der Waals surface area contributed by atoms with Crippen LogP contribution in [-0.2, 0) is 17.1 Å². The summed E-state index contributed by atoms with van der Waals surface area (Å²) in [6.07, 6.45) is 0.678. The Morgan fingerprint density at radius 2 is 2.36 bits per heavy atom. The first-order chi connectivity index (χ1) is 6.39. The van der Waals surface area contributed by atoms with Crippen LogP contribution in [0.5, 0.6) is 0 Å². The lowest BCUT2D eigenvalue weighted by Crippen LogP contribution is -2.07. The number of aliphatic carboxylic acids is 1. The van der Waals surface area contributed by atoms with Gasteiger partial charge in [-0.05, 0) is 0 Å². The second-order valence-corrected chi connectivity index (χ2v) is 2.91. The van der Waals surface area contributed by atoms with Crippen LogP contribution in [0.2, 0.25) is 0 Å². The molecule has 0 radical (unpaired) electrons. The second kappa shape index (κ2) is 3.73. The molecule has 0 spiro atoms. The maximum atomic E-state index is 12.6. The van der Waals surface area contributed by atoms with Crippen LogP contribution >= 0.6 is 0 Å². The molecule has 0 amide bonds.